The van der Waals surface area contributed by atoms with Gasteiger partial charge in [0.05, 0.1) is 12.2 Å². The van der Waals surface area contributed by atoms with Crippen LogP contribution in [0.3, 0.4) is 0 Å². The normalized spacial score (nSPS) is 15.9. The first kappa shape index (κ1) is 23.8. The number of esters is 1. The summed E-state index contributed by atoms with van der Waals surface area (Å²) in [6, 6.07) is 5.78. The van der Waals surface area contributed by atoms with Crippen LogP contribution in [0.5, 0.6) is 5.75 Å². The number of amides is 1. The molecular formula is C24H30BrNO4S. The fraction of sp³-hybridized carbons (Fsp3) is 0.500. The molecule has 1 unspecified atom stereocenters. The van der Waals surface area contributed by atoms with Gasteiger partial charge in [-0.2, -0.15) is 0 Å². The van der Waals surface area contributed by atoms with Crippen LogP contribution in [0.25, 0.3) is 0 Å². The molecule has 5 nitrogen and oxygen atoms in total. The lowest BCUT2D eigenvalue weighted by atomic mass is 9.86. The van der Waals surface area contributed by atoms with Crippen molar-refractivity contribution in [1.82, 2.24) is 0 Å². The molecule has 1 aliphatic rings. The summed E-state index contributed by atoms with van der Waals surface area (Å²) in [5.74, 6) is 0.589. The molecule has 0 saturated carbocycles. The minimum absolute atomic E-state index is 0.129. The van der Waals surface area contributed by atoms with Crippen LogP contribution in [-0.2, 0) is 27.8 Å². The molecular weight excluding hydrogens is 478 g/mol. The highest BCUT2D eigenvalue weighted by Crippen LogP contribution is 2.40. The fourth-order valence-electron chi connectivity index (χ4n) is 3.78. The number of hydrogen-bond acceptors (Lipinski definition) is 5. The number of carbonyl (C=O) groups excluding carboxylic acids is 2. The van der Waals surface area contributed by atoms with Crippen molar-refractivity contribution in [2.75, 3.05) is 18.5 Å². The average Bonchev–Trinajstić information content (AvgIpc) is 3.03. The van der Waals surface area contributed by atoms with Gasteiger partial charge in [0.1, 0.15) is 10.8 Å². The van der Waals surface area contributed by atoms with Gasteiger partial charge in [0.25, 0.3) is 5.91 Å². The smallest absolute Gasteiger partial charge is 0.341 e. The highest BCUT2D eigenvalue weighted by molar-refractivity contribution is 9.10. The molecule has 168 valence electrons. The van der Waals surface area contributed by atoms with Gasteiger partial charge in [0.2, 0.25) is 0 Å². The Morgan fingerprint density at radius 1 is 1.29 bits per heavy atom. The molecule has 0 spiro atoms. The first-order chi connectivity index (χ1) is 14.6. The van der Waals surface area contributed by atoms with E-state index in [0.29, 0.717) is 28.8 Å². The minimum Gasteiger partial charge on any atom is -0.483 e. The van der Waals surface area contributed by atoms with Crippen LogP contribution >= 0.6 is 27.3 Å². The predicted octanol–water partition coefficient (Wildman–Crippen LogP) is 6.13. The molecule has 1 atom stereocenters. The summed E-state index contributed by atoms with van der Waals surface area (Å²) in [4.78, 5) is 26.5. The molecule has 31 heavy (non-hydrogen) atoms. The lowest BCUT2D eigenvalue weighted by Gasteiger charge is -2.23. The molecule has 1 aromatic heterocycles. The van der Waals surface area contributed by atoms with Gasteiger partial charge >= 0.3 is 5.97 Å². The van der Waals surface area contributed by atoms with Crippen LogP contribution in [-0.4, -0.2) is 25.1 Å². The monoisotopic (exact) mass is 507 g/mol. The quantitative estimate of drug-likeness (QED) is 0.477. The molecule has 0 saturated heterocycles. The van der Waals surface area contributed by atoms with Crippen LogP contribution in [0, 0.1) is 5.92 Å². The van der Waals surface area contributed by atoms with E-state index in [9.17, 15) is 9.59 Å². The van der Waals surface area contributed by atoms with Crippen LogP contribution < -0.4 is 10.1 Å². The number of anilines is 1. The SMILES string of the molecule is CCOC(=O)c1c(NC(=O)COc2ccc(Br)cc2C(C)(C)C)sc2c1CCC(C)C2. The molecule has 3 rings (SSSR count). The third kappa shape index (κ3) is 5.69. The van der Waals surface area contributed by atoms with Gasteiger partial charge < -0.3 is 14.8 Å². The van der Waals surface area contributed by atoms with E-state index in [1.807, 2.05) is 18.2 Å². The lowest BCUT2D eigenvalue weighted by Crippen LogP contribution is -2.23. The molecule has 0 aliphatic heterocycles. The van der Waals surface area contributed by atoms with Crippen LogP contribution in [0.4, 0.5) is 5.00 Å². The fourth-order valence-corrected chi connectivity index (χ4v) is 5.55. The molecule has 2 aromatic rings. The van der Waals surface area contributed by atoms with E-state index in [1.165, 1.54) is 16.2 Å². The highest BCUT2D eigenvalue weighted by atomic mass is 79.9. The van der Waals surface area contributed by atoms with Gasteiger partial charge in [0.15, 0.2) is 6.61 Å². The number of fused-ring (bicyclic) bond motifs is 1. The summed E-state index contributed by atoms with van der Waals surface area (Å²) < 4.78 is 12.1. The Kier molecular flexibility index (Phi) is 7.47. The van der Waals surface area contributed by atoms with Gasteiger partial charge in [-0.1, -0.05) is 43.6 Å². The number of hydrogen-bond donors (Lipinski definition) is 1. The molecule has 7 heteroatoms. The Labute approximate surface area is 196 Å². The van der Waals surface area contributed by atoms with Crippen molar-refractivity contribution in [3.8, 4) is 5.75 Å². The molecule has 1 amide bonds. The van der Waals surface area contributed by atoms with Gasteiger partial charge in [0, 0.05) is 14.9 Å². The van der Waals surface area contributed by atoms with Crippen molar-refractivity contribution < 1.29 is 19.1 Å². The van der Waals surface area contributed by atoms with E-state index in [4.69, 9.17) is 9.47 Å². The Hall–Kier alpha value is -1.86. The lowest BCUT2D eigenvalue weighted by molar-refractivity contribution is -0.118. The molecule has 1 N–H and O–H groups in total. The second-order valence-electron chi connectivity index (χ2n) is 9.00. The van der Waals surface area contributed by atoms with Gasteiger partial charge in [-0.3, -0.25) is 4.79 Å². The van der Waals surface area contributed by atoms with Crippen molar-refractivity contribution in [3.05, 3.63) is 44.2 Å². The maximum Gasteiger partial charge on any atom is 0.341 e. The van der Waals surface area contributed by atoms with Crippen molar-refractivity contribution in [2.24, 2.45) is 5.92 Å². The minimum atomic E-state index is -0.367. The van der Waals surface area contributed by atoms with E-state index < -0.39 is 0 Å². The van der Waals surface area contributed by atoms with Crippen molar-refractivity contribution in [1.29, 1.82) is 0 Å². The summed E-state index contributed by atoms with van der Waals surface area (Å²) in [5.41, 5.74) is 2.43. The Bertz CT molecular complexity index is 977. The molecule has 1 aliphatic carbocycles. The zero-order valence-corrected chi connectivity index (χ0v) is 21.2. The molecule has 0 radical (unpaired) electrons. The van der Waals surface area contributed by atoms with E-state index in [1.54, 1.807) is 6.92 Å². The van der Waals surface area contributed by atoms with Crippen molar-refractivity contribution >= 4 is 44.1 Å². The second kappa shape index (κ2) is 9.74. The number of rotatable bonds is 6. The third-order valence-corrected chi connectivity index (χ3v) is 7.02. The Morgan fingerprint density at radius 2 is 2.03 bits per heavy atom. The molecule has 0 fully saturated rings. The van der Waals surface area contributed by atoms with Gasteiger partial charge in [-0.25, -0.2) is 4.79 Å². The molecule has 1 heterocycles. The van der Waals surface area contributed by atoms with E-state index in [0.717, 1.165) is 34.9 Å². The Morgan fingerprint density at radius 3 is 2.71 bits per heavy atom. The number of nitrogens with one attached hydrogen (secondary N) is 1. The summed E-state index contributed by atoms with van der Waals surface area (Å²) in [7, 11) is 0. The first-order valence-corrected chi connectivity index (χ1v) is 12.3. The number of ether oxygens (including phenoxy) is 2. The summed E-state index contributed by atoms with van der Waals surface area (Å²) >= 11 is 4.99. The van der Waals surface area contributed by atoms with Crippen molar-refractivity contribution in [2.45, 2.75) is 59.3 Å². The standard InChI is InChI=1S/C24H30BrNO4S/c1-6-29-23(28)21-16-9-7-14(2)11-19(16)31-22(21)26-20(27)13-30-18-10-8-15(25)12-17(18)24(3,4)5/h8,10,12,14H,6-7,9,11,13H2,1-5H3,(H,26,27). The Balaban J connectivity index is 1.78. The van der Waals surface area contributed by atoms with Crippen molar-refractivity contribution in [3.63, 3.8) is 0 Å². The summed E-state index contributed by atoms with van der Waals surface area (Å²) in [6.45, 7) is 10.5. The maximum atomic E-state index is 12.7. The molecule has 0 bridgehead atoms. The predicted molar refractivity (Wildman–Crippen MR) is 128 cm³/mol. The number of halogens is 1. The number of thiophene rings is 1. The number of benzene rings is 1. The molecule has 1 aromatic carbocycles. The average molecular weight is 508 g/mol. The maximum absolute atomic E-state index is 12.7. The van der Waals surface area contributed by atoms with Gasteiger partial charge in [-0.15, -0.1) is 11.3 Å². The first-order valence-electron chi connectivity index (χ1n) is 10.6. The largest absolute Gasteiger partial charge is 0.483 e. The summed E-state index contributed by atoms with van der Waals surface area (Å²) in [5, 5.41) is 3.47. The van der Waals surface area contributed by atoms with E-state index in [2.05, 4.69) is 48.9 Å². The highest BCUT2D eigenvalue weighted by Gasteiger charge is 2.29. The number of carbonyl (C=O) groups is 2. The second-order valence-corrected chi connectivity index (χ2v) is 11.0. The van der Waals surface area contributed by atoms with Crippen LogP contribution in [0.1, 0.15) is 67.4 Å². The zero-order valence-electron chi connectivity index (χ0n) is 18.8. The van der Waals surface area contributed by atoms with Crippen LogP contribution in [0.2, 0.25) is 0 Å². The van der Waals surface area contributed by atoms with Crippen LogP contribution in [0.15, 0.2) is 22.7 Å². The summed E-state index contributed by atoms with van der Waals surface area (Å²) in [6.07, 6.45) is 2.79. The van der Waals surface area contributed by atoms with E-state index in [-0.39, 0.29) is 23.9 Å². The zero-order chi connectivity index (χ0) is 22.8. The van der Waals surface area contributed by atoms with Gasteiger partial charge in [-0.05, 0) is 61.3 Å². The topological polar surface area (TPSA) is 64.6 Å². The van der Waals surface area contributed by atoms with E-state index >= 15 is 0 Å². The third-order valence-electron chi connectivity index (χ3n) is 5.35.